The summed E-state index contributed by atoms with van der Waals surface area (Å²) in [5, 5.41) is 0. The molecule has 0 saturated carbocycles. The van der Waals surface area contributed by atoms with E-state index in [9.17, 15) is 0 Å². The second-order valence-corrected chi connectivity index (χ2v) is 10.8. The predicted molar refractivity (Wildman–Crippen MR) is 64.3 cm³/mol. The third kappa shape index (κ3) is 6.46. The standard InChI is InChI=1S/C9H12.2BrH.Mg/c1-7-4-8(2)6-9(3)5-7;;;/h4-6H,1-3H3;2*1H;/q;;;+2/p-2. The number of halogens is 2. The first-order valence-electron chi connectivity index (χ1n) is 3.77. The number of hydrogen-bond donors (Lipinski definition) is 0. The maximum absolute atomic E-state index is 3.20. The first-order valence-corrected chi connectivity index (χ1v) is 11.6. The molecule has 0 aromatic heterocycles. The van der Waals surface area contributed by atoms with Crippen LogP contribution >= 0.6 is 25.8 Å². The summed E-state index contributed by atoms with van der Waals surface area (Å²) in [4.78, 5) is 0. The summed E-state index contributed by atoms with van der Waals surface area (Å²) < 4.78 is 0. The van der Waals surface area contributed by atoms with Crippen LogP contribution in [0.3, 0.4) is 0 Å². The molecule has 0 nitrogen and oxygen atoms in total. The molecule has 0 aliphatic rings. The molecule has 3 heteroatoms. The zero-order chi connectivity index (χ0) is 9.56. The average Bonchev–Trinajstić information content (AvgIpc) is 1.84. The number of aryl methyl sites for hydroxylation is 3. The van der Waals surface area contributed by atoms with Crippen molar-refractivity contribution in [3.63, 3.8) is 0 Å². The molecule has 1 aromatic rings. The van der Waals surface area contributed by atoms with E-state index in [1.807, 2.05) is 0 Å². The van der Waals surface area contributed by atoms with Crippen molar-refractivity contribution in [1.29, 1.82) is 0 Å². The van der Waals surface area contributed by atoms with Crippen molar-refractivity contribution in [3.8, 4) is 0 Å². The molecule has 64 valence electrons. The molecule has 0 atom stereocenters. The zero-order valence-corrected chi connectivity index (χ0v) is 12.3. The summed E-state index contributed by atoms with van der Waals surface area (Å²) in [6, 6.07) is 6.56. The van der Waals surface area contributed by atoms with E-state index in [4.69, 9.17) is 0 Å². The molecule has 0 aliphatic heterocycles. The van der Waals surface area contributed by atoms with Gasteiger partial charge in [-0.2, -0.15) is 0 Å². The van der Waals surface area contributed by atoms with Crippen molar-refractivity contribution in [2.45, 2.75) is 20.8 Å². The summed E-state index contributed by atoms with van der Waals surface area (Å²) in [5.74, 6) is 0. The van der Waals surface area contributed by atoms with Crippen LogP contribution in [0.1, 0.15) is 16.7 Å². The number of benzene rings is 1. The van der Waals surface area contributed by atoms with Crippen LogP contribution in [0.25, 0.3) is 0 Å². The maximum Gasteiger partial charge on any atom is 0.560 e. The monoisotopic (exact) mass is 302 g/mol. The van der Waals surface area contributed by atoms with Gasteiger partial charge < -0.3 is 0 Å². The molecular weight excluding hydrogens is 292 g/mol. The summed E-state index contributed by atoms with van der Waals surface area (Å²) in [7, 11) is 0. The topological polar surface area (TPSA) is 0 Å². The van der Waals surface area contributed by atoms with Crippen LogP contribution in [0.15, 0.2) is 18.2 Å². The van der Waals surface area contributed by atoms with Crippen molar-refractivity contribution < 1.29 is 0 Å². The molecule has 0 fully saturated rings. The van der Waals surface area contributed by atoms with Gasteiger partial charge in [0.15, 0.2) is 0 Å². The van der Waals surface area contributed by atoms with Crippen molar-refractivity contribution >= 4 is 41.8 Å². The Labute approximate surface area is 96.6 Å². The van der Waals surface area contributed by atoms with Gasteiger partial charge in [-0.3, -0.25) is 25.8 Å². The quantitative estimate of drug-likeness (QED) is 0.637. The van der Waals surface area contributed by atoms with E-state index in [1.165, 1.54) is 16.7 Å². The summed E-state index contributed by atoms with van der Waals surface area (Å²) in [6.07, 6.45) is 0. The highest BCUT2D eigenvalue weighted by Gasteiger charge is 1.87. The first-order chi connectivity index (χ1) is 5.60. The zero-order valence-electron chi connectivity index (χ0n) is 7.70. The smallest absolute Gasteiger partial charge is 0.280 e. The van der Waals surface area contributed by atoms with Crippen molar-refractivity contribution in [2.24, 2.45) is 0 Å². The fourth-order valence-corrected chi connectivity index (χ4v) is 1.20. The van der Waals surface area contributed by atoms with Gasteiger partial charge in [0.1, 0.15) is 0 Å². The molecule has 0 spiro atoms. The fraction of sp³-hybridized carbons (Fsp3) is 0.333. The summed E-state index contributed by atoms with van der Waals surface area (Å²) in [5.41, 5.74) is 4.06. The van der Waals surface area contributed by atoms with Gasteiger partial charge in [0.25, 0.3) is 0 Å². The largest absolute Gasteiger partial charge is 0.560 e. The Morgan fingerprint density at radius 1 is 0.833 bits per heavy atom. The molecule has 0 N–H and O–H groups in total. The lowest BCUT2D eigenvalue weighted by molar-refractivity contribution is 1.32. The Kier molecular flexibility index (Phi) is 7.94. The highest BCUT2D eigenvalue weighted by molar-refractivity contribution is 9.47. The third-order valence-electron chi connectivity index (χ3n) is 1.37. The Morgan fingerprint density at radius 3 is 1.17 bits per heavy atom. The molecule has 0 amide bonds. The van der Waals surface area contributed by atoms with Gasteiger partial charge >= 0.3 is 16.0 Å². The lowest BCUT2D eigenvalue weighted by atomic mass is 10.1. The fourth-order valence-electron chi connectivity index (χ4n) is 1.20. The minimum absolute atomic E-state index is 0.0417. The van der Waals surface area contributed by atoms with Crippen molar-refractivity contribution in [2.75, 3.05) is 0 Å². The third-order valence-corrected chi connectivity index (χ3v) is 1.37. The Balaban J connectivity index is 0.000000354. The second kappa shape index (κ2) is 7.36. The van der Waals surface area contributed by atoms with Gasteiger partial charge in [-0.05, 0) is 20.8 Å². The SMILES string of the molecule is Cc1cc(C)cc(C)c1.[Br][Mg][Br]. The van der Waals surface area contributed by atoms with E-state index in [2.05, 4.69) is 64.7 Å². The number of rotatable bonds is 0. The minimum Gasteiger partial charge on any atom is -0.280 e. The van der Waals surface area contributed by atoms with Crippen LogP contribution < -0.4 is 0 Å². The molecule has 0 bridgehead atoms. The lowest BCUT2D eigenvalue weighted by Crippen LogP contribution is -1.78. The summed E-state index contributed by atoms with van der Waals surface area (Å²) >= 11 is 6.44. The number of hydrogen-bond acceptors (Lipinski definition) is 0. The second-order valence-electron chi connectivity index (χ2n) is 2.77. The van der Waals surface area contributed by atoms with Crippen LogP contribution in [0.5, 0.6) is 0 Å². The predicted octanol–water partition coefficient (Wildman–Crippen LogP) is 3.92. The molecular formula is C9H12Br2Mg. The van der Waals surface area contributed by atoms with Gasteiger partial charge in [0.05, 0.1) is 0 Å². The molecule has 1 aromatic carbocycles. The van der Waals surface area contributed by atoms with Gasteiger partial charge in [-0.15, -0.1) is 0 Å². The van der Waals surface area contributed by atoms with Crippen LogP contribution in [-0.4, -0.2) is 16.0 Å². The van der Waals surface area contributed by atoms with Gasteiger partial charge in [-0.25, -0.2) is 0 Å². The molecule has 0 unspecified atom stereocenters. The van der Waals surface area contributed by atoms with Crippen molar-refractivity contribution in [3.05, 3.63) is 34.9 Å². The van der Waals surface area contributed by atoms with E-state index in [1.54, 1.807) is 0 Å². The van der Waals surface area contributed by atoms with Crippen LogP contribution in [-0.2, 0) is 0 Å². The Morgan fingerprint density at radius 2 is 1.00 bits per heavy atom. The highest BCUT2D eigenvalue weighted by atomic mass is 79.9. The van der Waals surface area contributed by atoms with Gasteiger partial charge in [0, 0.05) is 0 Å². The van der Waals surface area contributed by atoms with Crippen molar-refractivity contribution in [1.82, 2.24) is 0 Å². The minimum atomic E-state index is 0.0417. The molecule has 0 radical (unpaired) electrons. The highest BCUT2D eigenvalue weighted by Crippen LogP contribution is 2.06. The normalized spacial score (nSPS) is 8.08. The molecule has 0 saturated heterocycles. The van der Waals surface area contributed by atoms with Crippen LogP contribution in [0.2, 0.25) is 0 Å². The molecule has 0 heterocycles. The van der Waals surface area contributed by atoms with E-state index in [0.29, 0.717) is 0 Å². The molecule has 1 rings (SSSR count). The van der Waals surface area contributed by atoms with Gasteiger partial charge in [0.2, 0.25) is 0 Å². The lowest BCUT2D eigenvalue weighted by Gasteiger charge is -1.96. The van der Waals surface area contributed by atoms with Gasteiger partial charge in [-0.1, -0.05) is 34.9 Å². The average molecular weight is 304 g/mol. The van der Waals surface area contributed by atoms with Crippen LogP contribution in [0, 0.1) is 20.8 Å². The van der Waals surface area contributed by atoms with E-state index >= 15 is 0 Å². The summed E-state index contributed by atoms with van der Waals surface area (Å²) in [6.45, 7) is 6.38. The first kappa shape index (κ1) is 12.9. The van der Waals surface area contributed by atoms with E-state index in [-0.39, 0.29) is 16.0 Å². The molecule has 12 heavy (non-hydrogen) atoms. The van der Waals surface area contributed by atoms with E-state index < -0.39 is 0 Å². The van der Waals surface area contributed by atoms with Crippen LogP contribution in [0.4, 0.5) is 0 Å². The Hall–Kier alpha value is 0.946. The van der Waals surface area contributed by atoms with E-state index in [0.717, 1.165) is 0 Å². The molecule has 0 aliphatic carbocycles. The maximum atomic E-state index is 3.20. The Bertz CT molecular complexity index is 185.